The smallest absolute Gasteiger partial charge is 0.419 e. The number of ether oxygens (including phenoxy) is 2. The molecule has 2 aliphatic rings. The summed E-state index contributed by atoms with van der Waals surface area (Å²) in [5, 5.41) is 4.91. The number of likely N-dealkylation sites (tertiary alicyclic amines) is 1. The molecular weight excluding hydrogens is 485 g/mol. The molecule has 1 aliphatic carbocycles. The number of methoxy groups -OCH3 is 2. The molecule has 2 aromatic rings. The van der Waals surface area contributed by atoms with Gasteiger partial charge in [0.15, 0.2) is 11.5 Å². The first kappa shape index (κ1) is 26.0. The number of benzene rings is 2. The van der Waals surface area contributed by atoms with E-state index in [4.69, 9.17) is 9.47 Å². The average Bonchev–Trinajstić information content (AvgIpc) is 3.17. The van der Waals surface area contributed by atoms with Gasteiger partial charge in [0.25, 0.3) is 0 Å². The Bertz CT molecular complexity index is 1140. The minimum absolute atomic E-state index is 0.0382. The molecule has 1 aliphatic heterocycles. The van der Waals surface area contributed by atoms with E-state index in [1.807, 2.05) is 25.2 Å². The number of hydrogen-bond donors (Lipinski definition) is 2. The molecule has 3 atom stereocenters. The van der Waals surface area contributed by atoms with Gasteiger partial charge in [0, 0.05) is 23.6 Å². The molecule has 1 saturated heterocycles. The van der Waals surface area contributed by atoms with Crippen molar-refractivity contribution >= 4 is 11.7 Å². The van der Waals surface area contributed by atoms with Crippen molar-refractivity contribution < 1.29 is 36.2 Å². The number of alkyl halides is 3. The van der Waals surface area contributed by atoms with Gasteiger partial charge in [-0.15, -0.1) is 0 Å². The topological polar surface area (TPSA) is 62.8 Å². The maximum absolute atomic E-state index is 14.1. The molecule has 0 unspecified atom stereocenters. The molecule has 0 bridgehead atoms. The van der Waals surface area contributed by atoms with Crippen molar-refractivity contribution in [1.29, 1.82) is 0 Å². The molecule has 0 aromatic heterocycles. The number of nitrogens with zero attached hydrogens (tertiary/aromatic N) is 1. The Balaban J connectivity index is 1.47. The number of likely N-dealkylation sites (N-methyl/N-ethyl adjacent to an activating group) is 1. The van der Waals surface area contributed by atoms with Gasteiger partial charge < -0.3 is 25.0 Å². The lowest BCUT2D eigenvalue weighted by Gasteiger charge is -2.45. The second-order valence-corrected chi connectivity index (χ2v) is 9.35. The third kappa shape index (κ3) is 4.80. The molecule has 0 radical (unpaired) electrons. The van der Waals surface area contributed by atoms with Crippen molar-refractivity contribution in [2.45, 2.75) is 49.4 Å². The number of amides is 2. The Morgan fingerprint density at radius 2 is 1.78 bits per heavy atom. The summed E-state index contributed by atoms with van der Waals surface area (Å²) < 4.78 is 77.2. The van der Waals surface area contributed by atoms with Crippen LogP contribution in [0.5, 0.6) is 11.5 Å². The predicted molar refractivity (Wildman–Crippen MR) is 123 cm³/mol. The fraction of sp³-hybridized carbons (Fsp3) is 0.480. The van der Waals surface area contributed by atoms with E-state index < -0.39 is 35.1 Å². The SMILES string of the molecule is COc1ccc([C@@]23CC[C@@H](NC(=O)Nc4cc(F)c(C(F)(F)F)cc4F)C[C@@H]2N(C)CC3)cc1OC. The molecule has 6 nitrogen and oxygen atoms in total. The summed E-state index contributed by atoms with van der Waals surface area (Å²) in [5.74, 6) is -1.75. The number of nitrogens with one attached hydrogen (secondary N) is 2. The summed E-state index contributed by atoms with van der Waals surface area (Å²) >= 11 is 0. The molecular formula is C25H28F5N3O3. The summed E-state index contributed by atoms with van der Waals surface area (Å²) in [6.45, 7) is 0.869. The molecule has 2 N–H and O–H groups in total. The fourth-order valence-electron chi connectivity index (χ4n) is 5.60. The van der Waals surface area contributed by atoms with Gasteiger partial charge in [0.2, 0.25) is 0 Å². The zero-order valence-corrected chi connectivity index (χ0v) is 20.1. The largest absolute Gasteiger partial charge is 0.493 e. The lowest BCUT2D eigenvalue weighted by molar-refractivity contribution is -0.140. The van der Waals surface area contributed by atoms with E-state index in [1.165, 1.54) is 0 Å². The van der Waals surface area contributed by atoms with E-state index in [9.17, 15) is 26.7 Å². The number of carbonyl (C=O) groups is 1. The van der Waals surface area contributed by atoms with E-state index in [2.05, 4.69) is 15.5 Å². The lowest BCUT2D eigenvalue weighted by Crippen LogP contribution is -2.52. The van der Waals surface area contributed by atoms with Gasteiger partial charge in [-0.2, -0.15) is 13.2 Å². The van der Waals surface area contributed by atoms with E-state index in [-0.39, 0.29) is 23.6 Å². The zero-order chi connectivity index (χ0) is 26.3. The van der Waals surface area contributed by atoms with Crippen LogP contribution in [0.15, 0.2) is 30.3 Å². The van der Waals surface area contributed by atoms with E-state index >= 15 is 0 Å². The first-order valence-corrected chi connectivity index (χ1v) is 11.5. The molecule has 2 amide bonds. The highest BCUT2D eigenvalue weighted by Crippen LogP contribution is 2.50. The molecule has 11 heteroatoms. The minimum atomic E-state index is -5.04. The number of urea groups is 1. The summed E-state index contributed by atoms with van der Waals surface area (Å²) in [4.78, 5) is 14.8. The highest BCUT2D eigenvalue weighted by atomic mass is 19.4. The van der Waals surface area contributed by atoms with Crippen LogP contribution in [0.25, 0.3) is 0 Å². The number of fused-ring (bicyclic) bond motifs is 1. The predicted octanol–water partition coefficient (Wildman–Crippen LogP) is 5.32. The van der Waals surface area contributed by atoms with E-state index in [1.54, 1.807) is 14.2 Å². The number of rotatable bonds is 5. The maximum atomic E-state index is 14.1. The van der Waals surface area contributed by atoms with Gasteiger partial charge in [-0.05, 0) is 63.0 Å². The highest BCUT2D eigenvalue weighted by Gasteiger charge is 2.50. The number of anilines is 1. The van der Waals surface area contributed by atoms with Crippen molar-refractivity contribution in [1.82, 2.24) is 10.2 Å². The van der Waals surface area contributed by atoms with E-state index in [0.717, 1.165) is 24.9 Å². The molecule has 196 valence electrons. The number of hydrogen-bond acceptors (Lipinski definition) is 4. The van der Waals surface area contributed by atoms with Crippen molar-refractivity contribution in [2.75, 3.05) is 33.1 Å². The van der Waals surface area contributed by atoms with Gasteiger partial charge in [0.1, 0.15) is 11.6 Å². The Kier molecular flexibility index (Phi) is 7.05. The van der Waals surface area contributed by atoms with Crippen LogP contribution >= 0.6 is 0 Å². The zero-order valence-electron chi connectivity index (χ0n) is 20.1. The highest BCUT2D eigenvalue weighted by molar-refractivity contribution is 5.89. The van der Waals surface area contributed by atoms with Crippen LogP contribution in [-0.2, 0) is 11.6 Å². The summed E-state index contributed by atoms with van der Waals surface area (Å²) in [6.07, 6.45) is -2.09. The van der Waals surface area contributed by atoms with Crippen LogP contribution in [0.1, 0.15) is 36.8 Å². The quantitative estimate of drug-likeness (QED) is 0.532. The van der Waals surface area contributed by atoms with Gasteiger partial charge in [-0.25, -0.2) is 13.6 Å². The van der Waals surface area contributed by atoms with Gasteiger partial charge >= 0.3 is 12.2 Å². The molecule has 1 saturated carbocycles. The summed E-state index contributed by atoms with van der Waals surface area (Å²) in [6, 6.07) is 5.33. The van der Waals surface area contributed by atoms with Crippen molar-refractivity contribution in [3.8, 4) is 11.5 Å². The molecule has 36 heavy (non-hydrogen) atoms. The Hall–Kier alpha value is -3.08. The first-order valence-electron chi connectivity index (χ1n) is 11.5. The molecule has 2 aromatic carbocycles. The minimum Gasteiger partial charge on any atom is -0.493 e. The van der Waals surface area contributed by atoms with E-state index in [0.29, 0.717) is 30.4 Å². The second kappa shape index (κ2) is 9.76. The Morgan fingerprint density at radius 1 is 1.06 bits per heavy atom. The molecule has 2 fully saturated rings. The lowest BCUT2D eigenvalue weighted by atomic mass is 9.65. The van der Waals surface area contributed by atoms with Crippen molar-refractivity contribution in [2.24, 2.45) is 0 Å². The van der Waals surface area contributed by atoms with Crippen molar-refractivity contribution in [3.63, 3.8) is 0 Å². The van der Waals surface area contributed by atoms with Gasteiger partial charge in [0.05, 0.1) is 25.5 Å². The molecule has 4 rings (SSSR count). The van der Waals surface area contributed by atoms with Crippen LogP contribution in [0.4, 0.5) is 32.4 Å². The Morgan fingerprint density at radius 3 is 2.44 bits per heavy atom. The van der Waals surface area contributed by atoms with Gasteiger partial charge in [-0.3, -0.25) is 0 Å². The first-order chi connectivity index (χ1) is 17.0. The standard InChI is InChI=1S/C25H28F5N3O3/c1-33-9-8-24(14-4-5-20(35-2)21(10-14)36-3)7-6-15(11-22(24)33)31-23(34)32-19-13-17(26)16(12-18(19)27)25(28,29)30/h4-5,10,12-13,15,22H,6-9,11H2,1-3H3,(H2,31,32,34)/t15-,22+,24+/m1/s1. The number of carbonyl (C=O) groups excluding carboxylic acids is 1. The fourth-order valence-corrected chi connectivity index (χ4v) is 5.60. The van der Waals surface area contributed by atoms with Crippen molar-refractivity contribution in [3.05, 3.63) is 53.1 Å². The van der Waals surface area contributed by atoms with Crippen LogP contribution < -0.4 is 20.1 Å². The Labute approximate surface area is 205 Å². The third-order valence-corrected chi connectivity index (χ3v) is 7.43. The second-order valence-electron chi connectivity index (χ2n) is 9.35. The van der Waals surface area contributed by atoms with Crippen LogP contribution in [0, 0.1) is 11.6 Å². The molecule has 1 heterocycles. The number of halogens is 5. The normalized spacial score (nSPS) is 24.2. The van der Waals surface area contributed by atoms with Crippen LogP contribution in [0.3, 0.4) is 0 Å². The summed E-state index contributed by atoms with van der Waals surface area (Å²) in [5.41, 5.74) is -1.41. The third-order valence-electron chi connectivity index (χ3n) is 7.43. The maximum Gasteiger partial charge on any atom is 0.419 e. The van der Waals surface area contributed by atoms with Crippen LogP contribution in [-0.4, -0.2) is 50.8 Å². The summed E-state index contributed by atoms with van der Waals surface area (Å²) in [7, 11) is 5.19. The van der Waals surface area contributed by atoms with Gasteiger partial charge in [-0.1, -0.05) is 6.07 Å². The average molecular weight is 514 g/mol. The van der Waals surface area contributed by atoms with Crippen LogP contribution in [0.2, 0.25) is 0 Å². The monoisotopic (exact) mass is 513 g/mol. The molecule has 0 spiro atoms.